The van der Waals surface area contributed by atoms with Gasteiger partial charge in [-0.3, -0.25) is 4.79 Å². The van der Waals surface area contributed by atoms with Gasteiger partial charge in [0.2, 0.25) is 0 Å². The van der Waals surface area contributed by atoms with Crippen molar-refractivity contribution in [3.05, 3.63) is 64.6 Å². The van der Waals surface area contributed by atoms with Crippen LogP contribution in [0, 0.1) is 0 Å². The molecule has 1 N–H and O–H groups in total. The summed E-state index contributed by atoms with van der Waals surface area (Å²) in [6.07, 6.45) is 8.68. The number of benzene rings is 2. The molecule has 0 saturated heterocycles. The first-order valence-electron chi connectivity index (χ1n) is 10.6. The first-order valence-corrected chi connectivity index (χ1v) is 11.4. The highest BCUT2D eigenvalue weighted by atomic mass is 79.9. The summed E-state index contributed by atoms with van der Waals surface area (Å²) in [4.78, 5) is 17.7. The van der Waals surface area contributed by atoms with Crippen molar-refractivity contribution in [3.63, 3.8) is 0 Å². The minimum absolute atomic E-state index is 0.0204. The van der Waals surface area contributed by atoms with Crippen molar-refractivity contribution in [2.45, 2.75) is 51.9 Å². The number of unbranched alkanes of at least 4 members (excludes halogenated alkanes) is 6. The number of fused-ring (bicyclic) bond motifs is 1. The SMILES string of the molecule is CCCCCCCCCNC(=O)c1cc(-c2ccc(Br)cc2)nc2ccccc12. The standard InChI is InChI=1S/C25H29BrN2O/c1-2-3-4-5-6-7-10-17-27-25(29)22-18-24(19-13-15-20(26)16-14-19)28-23-12-9-8-11-21(22)23/h8-9,11-16,18H,2-7,10,17H2,1H3,(H,27,29). The van der Waals surface area contributed by atoms with Gasteiger partial charge in [-0.15, -0.1) is 0 Å². The van der Waals surface area contributed by atoms with E-state index in [1.165, 1.54) is 38.5 Å². The van der Waals surface area contributed by atoms with Crippen LogP contribution in [0.15, 0.2) is 59.1 Å². The van der Waals surface area contributed by atoms with Gasteiger partial charge in [-0.1, -0.05) is 91.7 Å². The number of para-hydroxylation sites is 1. The number of nitrogens with zero attached hydrogens (tertiary/aromatic N) is 1. The summed E-state index contributed by atoms with van der Waals surface area (Å²) >= 11 is 3.47. The number of hydrogen-bond donors (Lipinski definition) is 1. The lowest BCUT2D eigenvalue weighted by Gasteiger charge is -2.11. The lowest BCUT2D eigenvalue weighted by molar-refractivity contribution is 0.0954. The third-order valence-corrected chi connectivity index (χ3v) is 5.70. The van der Waals surface area contributed by atoms with Crippen LogP contribution < -0.4 is 5.32 Å². The van der Waals surface area contributed by atoms with Crippen LogP contribution in [0.1, 0.15) is 62.2 Å². The van der Waals surface area contributed by atoms with Crippen LogP contribution in [0.25, 0.3) is 22.2 Å². The van der Waals surface area contributed by atoms with E-state index in [0.717, 1.165) is 39.6 Å². The monoisotopic (exact) mass is 452 g/mol. The van der Waals surface area contributed by atoms with Crippen LogP contribution in [0.5, 0.6) is 0 Å². The molecular weight excluding hydrogens is 424 g/mol. The minimum Gasteiger partial charge on any atom is -0.352 e. The molecule has 2 aromatic carbocycles. The van der Waals surface area contributed by atoms with Crippen LogP contribution in [0.4, 0.5) is 0 Å². The molecule has 0 aliphatic heterocycles. The molecule has 0 saturated carbocycles. The summed E-state index contributed by atoms with van der Waals surface area (Å²) in [6, 6.07) is 17.8. The molecule has 1 heterocycles. The number of nitrogens with one attached hydrogen (secondary N) is 1. The van der Waals surface area contributed by atoms with Crippen molar-refractivity contribution < 1.29 is 4.79 Å². The molecule has 1 amide bonds. The number of carbonyl (C=O) groups excluding carboxylic acids is 1. The Morgan fingerprint density at radius 2 is 1.62 bits per heavy atom. The summed E-state index contributed by atoms with van der Waals surface area (Å²) in [7, 11) is 0. The highest BCUT2D eigenvalue weighted by Gasteiger charge is 2.13. The molecule has 3 nitrogen and oxygen atoms in total. The van der Waals surface area contributed by atoms with Gasteiger partial charge in [0.1, 0.15) is 0 Å². The Morgan fingerprint density at radius 1 is 0.931 bits per heavy atom. The van der Waals surface area contributed by atoms with Gasteiger partial charge >= 0.3 is 0 Å². The number of rotatable bonds is 10. The van der Waals surface area contributed by atoms with E-state index >= 15 is 0 Å². The van der Waals surface area contributed by atoms with E-state index in [0.29, 0.717) is 5.56 Å². The van der Waals surface area contributed by atoms with Crippen molar-refractivity contribution in [1.29, 1.82) is 0 Å². The molecule has 3 rings (SSSR count). The maximum atomic E-state index is 12.9. The van der Waals surface area contributed by atoms with Gasteiger partial charge in [0.15, 0.2) is 0 Å². The second-order valence-corrected chi connectivity index (χ2v) is 8.37. The average Bonchev–Trinajstić information content (AvgIpc) is 2.75. The zero-order valence-corrected chi connectivity index (χ0v) is 18.7. The van der Waals surface area contributed by atoms with E-state index in [1.54, 1.807) is 0 Å². The van der Waals surface area contributed by atoms with Gasteiger partial charge in [-0.25, -0.2) is 4.98 Å². The number of carbonyl (C=O) groups is 1. The van der Waals surface area contributed by atoms with Crippen molar-refractivity contribution in [3.8, 4) is 11.3 Å². The van der Waals surface area contributed by atoms with E-state index in [4.69, 9.17) is 4.98 Å². The molecule has 3 aromatic rings. The zero-order valence-electron chi connectivity index (χ0n) is 17.1. The zero-order chi connectivity index (χ0) is 20.5. The molecule has 4 heteroatoms. The largest absolute Gasteiger partial charge is 0.352 e. The molecule has 0 aliphatic carbocycles. The molecule has 0 spiro atoms. The van der Waals surface area contributed by atoms with Gasteiger partial charge in [-0.05, 0) is 30.7 Å². The van der Waals surface area contributed by atoms with Crippen molar-refractivity contribution >= 4 is 32.7 Å². The van der Waals surface area contributed by atoms with Crippen molar-refractivity contribution in [2.24, 2.45) is 0 Å². The fourth-order valence-electron chi connectivity index (χ4n) is 3.51. The fraction of sp³-hybridized carbons (Fsp3) is 0.360. The maximum absolute atomic E-state index is 12.9. The fourth-order valence-corrected chi connectivity index (χ4v) is 3.78. The van der Waals surface area contributed by atoms with E-state index in [9.17, 15) is 4.79 Å². The third-order valence-electron chi connectivity index (χ3n) is 5.17. The molecule has 1 aromatic heterocycles. The van der Waals surface area contributed by atoms with E-state index in [1.807, 2.05) is 54.6 Å². The van der Waals surface area contributed by atoms with Gasteiger partial charge < -0.3 is 5.32 Å². The lowest BCUT2D eigenvalue weighted by atomic mass is 10.0. The van der Waals surface area contributed by atoms with Crippen molar-refractivity contribution in [1.82, 2.24) is 10.3 Å². The Balaban J connectivity index is 1.69. The van der Waals surface area contributed by atoms with Crippen LogP contribution in [-0.4, -0.2) is 17.4 Å². The maximum Gasteiger partial charge on any atom is 0.252 e. The Kier molecular flexibility index (Phi) is 8.24. The number of pyridine rings is 1. The number of aromatic nitrogens is 1. The summed E-state index contributed by atoms with van der Waals surface area (Å²) in [5, 5.41) is 4.00. The number of halogens is 1. The Labute approximate surface area is 182 Å². The molecule has 0 fully saturated rings. The predicted octanol–water partition coefficient (Wildman–Crippen LogP) is 7.14. The van der Waals surface area contributed by atoms with Gasteiger partial charge in [0, 0.05) is 22.0 Å². The Bertz CT molecular complexity index is 937. The second kappa shape index (κ2) is 11.1. The average molecular weight is 453 g/mol. The first-order chi connectivity index (χ1) is 14.2. The molecule has 0 radical (unpaired) electrons. The Morgan fingerprint density at radius 3 is 2.38 bits per heavy atom. The quantitative estimate of drug-likeness (QED) is 0.332. The lowest BCUT2D eigenvalue weighted by Crippen LogP contribution is -2.24. The van der Waals surface area contributed by atoms with Gasteiger partial charge in [0.25, 0.3) is 5.91 Å². The molecule has 0 bridgehead atoms. The molecular formula is C25H29BrN2O. The van der Waals surface area contributed by atoms with Crippen LogP contribution in [0.3, 0.4) is 0 Å². The number of hydrogen-bond acceptors (Lipinski definition) is 2. The summed E-state index contributed by atoms with van der Waals surface area (Å²) in [5.74, 6) is -0.0204. The highest BCUT2D eigenvalue weighted by Crippen LogP contribution is 2.26. The van der Waals surface area contributed by atoms with Gasteiger partial charge in [0.05, 0.1) is 16.8 Å². The topological polar surface area (TPSA) is 42.0 Å². The van der Waals surface area contributed by atoms with E-state index in [2.05, 4.69) is 28.2 Å². The van der Waals surface area contributed by atoms with Crippen molar-refractivity contribution in [2.75, 3.05) is 6.54 Å². The molecule has 0 aliphatic rings. The minimum atomic E-state index is -0.0204. The molecule has 0 atom stereocenters. The second-order valence-electron chi connectivity index (χ2n) is 7.46. The number of amides is 1. The predicted molar refractivity (Wildman–Crippen MR) is 125 cm³/mol. The summed E-state index contributed by atoms with van der Waals surface area (Å²) in [6.45, 7) is 2.96. The molecule has 152 valence electrons. The first kappa shape index (κ1) is 21.5. The highest BCUT2D eigenvalue weighted by molar-refractivity contribution is 9.10. The van der Waals surface area contributed by atoms with Crippen LogP contribution in [0.2, 0.25) is 0 Å². The van der Waals surface area contributed by atoms with Gasteiger partial charge in [-0.2, -0.15) is 0 Å². The molecule has 0 unspecified atom stereocenters. The normalized spacial score (nSPS) is 11.0. The van der Waals surface area contributed by atoms with Crippen LogP contribution >= 0.6 is 15.9 Å². The summed E-state index contributed by atoms with van der Waals surface area (Å²) in [5.41, 5.74) is 3.35. The smallest absolute Gasteiger partial charge is 0.252 e. The van der Waals surface area contributed by atoms with E-state index < -0.39 is 0 Å². The molecule has 29 heavy (non-hydrogen) atoms. The third kappa shape index (κ3) is 6.14. The Hall–Kier alpha value is -2.20. The van der Waals surface area contributed by atoms with Crippen LogP contribution in [-0.2, 0) is 0 Å². The summed E-state index contributed by atoms with van der Waals surface area (Å²) < 4.78 is 1.02. The van der Waals surface area contributed by atoms with E-state index in [-0.39, 0.29) is 5.91 Å².